The number of ether oxygens (including phenoxy) is 1. The predicted octanol–water partition coefficient (Wildman–Crippen LogP) is -7.54. The van der Waals surface area contributed by atoms with Crippen molar-refractivity contribution < 1.29 is 86.2 Å². The summed E-state index contributed by atoms with van der Waals surface area (Å²) in [5.41, 5.74) is 0. The van der Waals surface area contributed by atoms with Gasteiger partial charge in [0.15, 0.2) is 0 Å². The molecule has 0 aromatic carbocycles. The van der Waals surface area contributed by atoms with Gasteiger partial charge in [-0.15, -0.1) is 0 Å². The Balaban J connectivity index is -0.0000000483. The largest absolute Gasteiger partial charge is 1.00 e. The van der Waals surface area contributed by atoms with E-state index in [9.17, 15) is 0 Å². The Labute approximate surface area is 118 Å². The van der Waals surface area contributed by atoms with Gasteiger partial charge in [-0.05, 0) is 0 Å². The molecule has 12 heavy (non-hydrogen) atoms. The Morgan fingerprint density at radius 2 is 1.33 bits per heavy atom. The molecular formula is C2H4Na2O6S2. The Morgan fingerprint density at radius 3 is 1.33 bits per heavy atom. The van der Waals surface area contributed by atoms with E-state index in [0.717, 1.165) is 0 Å². The quantitative estimate of drug-likeness (QED) is 0.203. The smallest absolute Gasteiger partial charge is 0.763 e. The molecule has 0 saturated heterocycles. The fraction of sp³-hybridized carbons (Fsp3) is 0.500. The van der Waals surface area contributed by atoms with E-state index < -0.39 is 20.2 Å². The van der Waals surface area contributed by atoms with E-state index in [0.29, 0.717) is 6.47 Å². The number of hydrogen-bond acceptors (Lipinski definition) is 6. The van der Waals surface area contributed by atoms with E-state index in [4.69, 9.17) is 22.3 Å². The van der Waals surface area contributed by atoms with Gasteiger partial charge in [0.2, 0.25) is 0 Å². The number of carbonyl (C=O) groups excluding carboxylic acids is 1. The van der Waals surface area contributed by atoms with Gasteiger partial charge in [0, 0.05) is 20.2 Å². The van der Waals surface area contributed by atoms with Gasteiger partial charge in [-0.1, -0.05) is 0 Å². The average Bonchev–Trinajstić information content (AvgIpc) is 1.89. The van der Waals surface area contributed by atoms with Crippen molar-refractivity contribution in [2.75, 3.05) is 7.11 Å². The summed E-state index contributed by atoms with van der Waals surface area (Å²) in [7, 11) is -4.59. The first-order valence-corrected chi connectivity index (χ1v) is 4.38. The van der Waals surface area contributed by atoms with Crippen LogP contribution in [0.4, 0.5) is 0 Å². The molecule has 62 valence electrons. The molecule has 0 aromatic rings. The van der Waals surface area contributed by atoms with Gasteiger partial charge in [-0.3, -0.25) is 13.2 Å². The van der Waals surface area contributed by atoms with Crippen LogP contribution < -0.4 is 59.1 Å². The van der Waals surface area contributed by atoms with Crippen LogP contribution in [0.3, 0.4) is 0 Å². The zero-order chi connectivity index (χ0) is 8.57. The fourth-order valence-corrected chi connectivity index (χ4v) is 0. The van der Waals surface area contributed by atoms with Crippen molar-refractivity contribution in [2.24, 2.45) is 0 Å². The molecule has 0 radical (unpaired) electrons. The Kier molecular flexibility index (Phi) is 36.1. The van der Waals surface area contributed by atoms with Crippen LogP contribution in [0.5, 0.6) is 0 Å². The summed E-state index contributed by atoms with van der Waals surface area (Å²) >= 11 is 0. The number of carbonyl (C=O) groups is 1. The van der Waals surface area contributed by atoms with Crippen molar-refractivity contribution in [3.8, 4) is 0 Å². The molecule has 0 fully saturated rings. The summed E-state index contributed by atoms with van der Waals surface area (Å²) in [6, 6.07) is 0. The van der Waals surface area contributed by atoms with Crippen molar-refractivity contribution in [3.05, 3.63) is 0 Å². The number of methoxy groups -OCH3 is 1. The van der Waals surface area contributed by atoms with Crippen molar-refractivity contribution in [3.63, 3.8) is 0 Å². The molecule has 0 bridgehead atoms. The molecule has 0 aliphatic heterocycles. The van der Waals surface area contributed by atoms with Crippen molar-refractivity contribution in [1.82, 2.24) is 0 Å². The molecule has 0 spiro atoms. The minimum Gasteiger partial charge on any atom is -0.763 e. The molecule has 0 saturated carbocycles. The Bertz CT molecular complexity index is 128. The van der Waals surface area contributed by atoms with Crippen molar-refractivity contribution >= 4 is 26.7 Å². The zero-order valence-corrected chi connectivity index (χ0v) is 12.5. The monoisotopic (exact) mass is 234 g/mol. The SMILES string of the molecule is COC=O.O=S([O-])S(=O)[O-].[Na+].[Na+]. The van der Waals surface area contributed by atoms with Gasteiger partial charge >= 0.3 is 59.1 Å². The topological polar surface area (TPSA) is 107 Å². The molecule has 0 rings (SSSR count). The van der Waals surface area contributed by atoms with E-state index in [1.807, 2.05) is 0 Å². The molecule has 0 amide bonds. The van der Waals surface area contributed by atoms with Gasteiger partial charge < -0.3 is 13.8 Å². The van der Waals surface area contributed by atoms with Gasteiger partial charge in [-0.25, -0.2) is 0 Å². The molecule has 0 aliphatic carbocycles. The van der Waals surface area contributed by atoms with Crippen LogP contribution in [0.2, 0.25) is 0 Å². The molecule has 0 N–H and O–H groups in total. The van der Waals surface area contributed by atoms with Crippen LogP contribution in [0.1, 0.15) is 0 Å². The molecule has 2 unspecified atom stereocenters. The summed E-state index contributed by atoms with van der Waals surface area (Å²) in [6.07, 6.45) is 0. The van der Waals surface area contributed by atoms with Crippen LogP contribution in [-0.4, -0.2) is 31.1 Å². The van der Waals surface area contributed by atoms with E-state index in [2.05, 4.69) is 4.74 Å². The molecule has 10 heteroatoms. The second-order valence-electron chi connectivity index (χ2n) is 0.740. The van der Waals surface area contributed by atoms with E-state index in [1.54, 1.807) is 0 Å². The van der Waals surface area contributed by atoms with Crippen molar-refractivity contribution in [1.29, 1.82) is 0 Å². The first kappa shape index (κ1) is 23.5. The van der Waals surface area contributed by atoms with E-state index >= 15 is 0 Å². The predicted molar refractivity (Wildman–Crippen MR) is 30.9 cm³/mol. The second kappa shape index (κ2) is 18.5. The van der Waals surface area contributed by atoms with E-state index in [-0.39, 0.29) is 59.1 Å². The van der Waals surface area contributed by atoms with Crippen LogP contribution >= 0.6 is 0 Å². The molecule has 2 atom stereocenters. The van der Waals surface area contributed by atoms with Gasteiger partial charge in [0.25, 0.3) is 6.47 Å². The molecule has 0 aromatic heterocycles. The summed E-state index contributed by atoms with van der Waals surface area (Å²) in [5, 5.41) is 0. The Hall–Kier alpha value is 1.69. The molecule has 0 aliphatic rings. The average molecular weight is 234 g/mol. The minimum atomic E-state index is -2.95. The fourth-order valence-electron chi connectivity index (χ4n) is 0. The summed E-state index contributed by atoms with van der Waals surface area (Å²) in [6.45, 7) is 0.375. The normalized spacial score (nSPS) is 11.6. The maximum absolute atomic E-state index is 9.09. The number of hydrogen-bond donors (Lipinski definition) is 0. The third-order valence-corrected chi connectivity index (χ3v) is 1.10. The van der Waals surface area contributed by atoms with Crippen molar-refractivity contribution in [2.45, 2.75) is 0 Å². The van der Waals surface area contributed by atoms with Gasteiger partial charge in [0.1, 0.15) is 0 Å². The van der Waals surface area contributed by atoms with Gasteiger partial charge in [-0.2, -0.15) is 0 Å². The third kappa shape index (κ3) is 29.8. The Morgan fingerprint density at radius 1 is 1.17 bits per heavy atom. The maximum atomic E-state index is 9.09. The van der Waals surface area contributed by atoms with Crippen LogP contribution in [-0.2, 0) is 29.8 Å². The zero-order valence-electron chi connectivity index (χ0n) is 6.84. The third-order valence-electron chi connectivity index (χ3n) is 0.207. The maximum Gasteiger partial charge on any atom is 1.00 e. The first-order valence-electron chi connectivity index (χ1n) is 1.71. The second-order valence-corrected chi connectivity index (χ2v) is 3.19. The van der Waals surface area contributed by atoms with E-state index in [1.165, 1.54) is 7.11 Å². The summed E-state index contributed by atoms with van der Waals surface area (Å²) in [5.74, 6) is 0. The summed E-state index contributed by atoms with van der Waals surface area (Å²) in [4.78, 5) is 8.95. The van der Waals surface area contributed by atoms with Crippen LogP contribution in [0.15, 0.2) is 0 Å². The summed E-state index contributed by atoms with van der Waals surface area (Å²) < 4.78 is 40.2. The standard InChI is InChI=1S/C2H4O2.2Na.H2O4S2/c1-4-2-3;;;1-5(2)6(3)4/h2H,1H3;;;(H,1,2)(H,3,4)/q;2*+1;/p-2. The minimum absolute atomic E-state index is 0. The van der Waals surface area contributed by atoms with Crippen LogP contribution in [0, 0.1) is 0 Å². The first-order chi connectivity index (χ1) is 4.56. The molecule has 0 heterocycles. The molecular weight excluding hydrogens is 230 g/mol. The molecule has 6 nitrogen and oxygen atoms in total. The van der Waals surface area contributed by atoms with Crippen LogP contribution in [0.25, 0.3) is 0 Å². The number of rotatable bonds is 2. The van der Waals surface area contributed by atoms with Gasteiger partial charge in [0.05, 0.1) is 7.11 Å².